The number of fused-ring (bicyclic) bond motifs is 1. The quantitative estimate of drug-likeness (QED) is 0.0428. The average molecular weight is 864 g/mol. The first-order valence-electron chi connectivity index (χ1n) is 16.3. The van der Waals surface area contributed by atoms with Crippen LogP contribution in [0.5, 0.6) is 0 Å². The molecule has 1 aliphatic rings. The summed E-state index contributed by atoms with van der Waals surface area (Å²) in [5.41, 5.74) is 4.26. The van der Waals surface area contributed by atoms with Gasteiger partial charge in [-0.05, 0) is 6.42 Å². The first-order chi connectivity index (χ1) is 25.6. The fraction of sp³-hybridized carbons (Fsp3) is 0.630. The van der Waals surface area contributed by atoms with Gasteiger partial charge in [0.15, 0.2) is 22.8 Å². The first kappa shape index (κ1) is 46.7. The number of phosphoric ester groups is 3. The van der Waals surface area contributed by atoms with Crippen LogP contribution in [0.4, 0.5) is 5.82 Å². The molecule has 7 unspecified atom stereocenters. The van der Waals surface area contributed by atoms with E-state index in [4.69, 9.17) is 19.5 Å². The van der Waals surface area contributed by atoms with Crippen LogP contribution in [-0.2, 0) is 50.7 Å². The molecular weight excluding hydrogens is 819 g/mol. The van der Waals surface area contributed by atoms with E-state index in [9.17, 15) is 57.9 Å². The van der Waals surface area contributed by atoms with Crippen molar-refractivity contribution >= 4 is 69.1 Å². The maximum absolute atomic E-state index is 12.7. The van der Waals surface area contributed by atoms with Gasteiger partial charge in [0, 0.05) is 37.1 Å². The van der Waals surface area contributed by atoms with E-state index in [0.29, 0.717) is 5.75 Å². The number of aliphatic hydroxyl groups is 2. The molecule has 2 aromatic heterocycles. The van der Waals surface area contributed by atoms with Crippen LogP contribution in [0.15, 0.2) is 24.8 Å². The molecule has 2 aromatic rings. The fourth-order valence-electron chi connectivity index (χ4n) is 4.70. The molecule has 0 bridgehead atoms. The van der Waals surface area contributed by atoms with Crippen LogP contribution in [0.2, 0.25) is 0 Å². The highest BCUT2D eigenvalue weighted by atomic mass is 32.2. The SMILES string of the molecule is CC/C=C/CC(=O)SCCNC(=O)CCNC(=O)C(O)C(C)(C)COP(=O)(O)OP(=O)(O)OCC1OC(n2cnc3c(N)ncnc32)C(O)C1OP(=O)(O)O. The number of rotatable bonds is 22. The number of anilines is 1. The average Bonchev–Trinajstić information content (AvgIpc) is 3.64. The topological polar surface area (TPSA) is 364 Å². The minimum Gasteiger partial charge on any atom is -0.386 e. The Morgan fingerprint density at radius 1 is 1.07 bits per heavy atom. The smallest absolute Gasteiger partial charge is 0.386 e. The summed E-state index contributed by atoms with van der Waals surface area (Å²) in [5.74, 6) is -1.10. The van der Waals surface area contributed by atoms with Gasteiger partial charge in [-0.15, -0.1) is 0 Å². The van der Waals surface area contributed by atoms with E-state index < -0.39 is 84.6 Å². The van der Waals surface area contributed by atoms with Gasteiger partial charge in [-0.3, -0.25) is 32.5 Å². The second-order valence-corrected chi connectivity index (χ2v) is 17.8. The second kappa shape index (κ2) is 20.1. The van der Waals surface area contributed by atoms with Crippen molar-refractivity contribution in [1.82, 2.24) is 30.2 Å². The van der Waals surface area contributed by atoms with E-state index in [0.717, 1.165) is 35.4 Å². The number of amides is 2. The van der Waals surface area contributed by atoms with Gasteiger partial charge in [0.2, 0.25) is 11.8 Å². The first-order valence-corrected chi connectivity index (χ1v) is 21.8. The lowest BCUT2D eigenvalue weighted by molar-refractivity contribution is -0.137. The van der Waals surface area contributed by atoms with E-state index in [-0.39, 0.29) is 48.0 Å². The summed E-state index contributed by atoms with van der Waals surface area (Å²) in [5, 5.41) is 26.3. The highest BCUT2D eigenvalue weighted by Gasteiger charge is 2.50. The molecule has 55 heavy (non-hydrogen) atoms. The lowest BCUT2D eigenvalue weighted by Crippen LogP contribution is -2.46. The van der Waals surface area contributed by atoms with Crippen molar-refractivity contribution in [1.29, 1.82) is 0 Å². The van der Waals surface area contributed by atoms with Gasteiger partial charge in [-0.25, -0.2) is 28.6 Å². The van der Waals surface area contributed by atoms with Crippen LogP contribution in [0.25, 0.3) is 11.2 Å². The standard InChI is InChI=1S/C27H44N7O17P3S/c1-4-5-6-7-18(36)55-11-10-29-17(35)8-9-30-25(39)22(38)27(2,3)13-48-54(45,46)51-53(43,44)47-12-16-21(50-52(40,41)42)20(37)26(49-16)34-15-33-19-23(28)31-14-32-24(19)34/h5-6,14-16,20-22,26,37-38H,4,7-13H2,1-3H3,(H,29,35)(H,30,39)(H,43,44)(H,45,46)(H2,28,31,32)(H2,40,41,42)/b6-5+. The number of nitrogens with two attached hydrogens (primary N) is 1. The van der Waals surface area contributed by atoms with Gasteiger partial charge < -0.3 is 50.9 Å². The Balaban J connectivity index is 1.49. The van der Waals surface area contributed by atoms with Gasteiger partial charge in [0.1, 0.15) is 36.3 Å². The van der Waals surface area contributed by atoms with Crippen molar-refractivity contribution < 1.29 is 80.5 Å². The third-order valence-electron chi connectivity index (χ3n) is 7.45. The lowest BCUT2D eigenvalue weighted by Gasteiger charge is -2.30. The van der Waals surface area contributed by atoms with E-state index >= 15 is 0 Å². The minimum atomic E-state index is -5.57. The monoisotopic (exact) mass is 863 g/mol. The summed E-state index contributed by atoms with van der Waals surface area (Å²) in [6.45, 7) is 2.45. The molecule has 10 N–H and O–H groups in total. The molecule has 1 fully saturated rings. The second-order valence-electron chi connectivity index (χ2n) is 12.4. The minimum absolute atomic E-state index is 0.0306. The summed E-state index contributed by atoms with van der Waals surface area (Å²) in [4.78, 5) is 87.2. The number of aliphatic hydroxyl groups excluding tert-OH is 2. The van der Waals surface area contributed by atoms with Crippen molar-refractivity contribution in [3.63, 3.8) is 0 Å². The molecule has 1 aliphatic heterocycles. The molecular formula is C27H44N7O17P3S. The Kier molecular flexibility index (Phi) is 17.1. The number of hydrogen-bond acceptors (Lipinski definition) is 18. The summed E-state index contributed by atoms with van der Waals surface area (Å²) >= 11 is 1.07. The fourth-order valence-corrected chi connectivity index (χ4v) is 8.18. The summed E-state index contributed by atoms with van der Waals surface area (Å²) < 4.78 is 62.0. The molecule has 0 aromatic carbocycles. The zero-order valence-electron chi connectivity index (χ0n) is 29.6. The van der Waals surface area contributed by atoms with Crippen LogP contribution in [0, 0.1) is 5.41 Å². The van der Waals surface area contributed by atoms with Crippen molar-refractivity contribution in [2.75, 3.05) is 37.8 Å². The summed E-state index contributed by atoms with van der Waals surface area (Å²) in [6.07, 6.45) is -2.16. The number of thioether (sulfide) groups is 1. The van der Waals surface area contributed by atoms with Gasteiger partial charge >= 0.3 is 23.5 Å². The highest BCUT2D eigenvalue weighted by molar-refractivity contribution is 8.13. The van der Waals surface area contributed by atoms with Gasteiger partial charge in [0.05, 0.1) is 19.5 Å². The number of allylic oxidation sites excluding steroid dienone is 2. The Hall–Kier alpha value is -2.70. The van der Waals surface area contributed by atoms with Crippen LogP contribution in [-0.4, -0.2) is 123 Å². The van der Waals surface area contributed by atoms with Crippen LogP contribution < -0.4 is 16.4 Å². The molecule has 310 valence electrons. The Labute approximate surface area is 318 Å². The number of aromatic nitrogens is 4. The molecule has 28 heteroatoms. The van der Waals surface area contributed by atoms with Crippen LogP contribution >= 0.6 is 35.2 Å². The Morgan fingerprint density at radius 2 is 1.76 bits per heavy atom. The molecule has 3 heterocycles. The zero-order valence-corrected chi connectivity index (χ0v) is 33.1. The van der Waals surface area contributed by atoms with Crippen LogP contribution in [0.1, 0.15) is 46.3 Å². The predicted molar refractivity (Wildman–Crippen MR) is 191 cm³/mol. The maximum Gasteiger partial charge on any atom is 0.481 e. The number of ether oxygens (including phenoxy) is 1. The van der Waals surface area contributed by atoms with E-state index in [1.165, 1.54) is 13.8 Å². The molecule has 3 rings (SSSR count). The van der Waals surface area contributed by atoms with Crippen molar-refractivity contribution in [2.45, 2.75) is 70.7 Å². The number of carbonyl (C=O) groups excluding carboxylic acids is 3. The van der Waals surface area contributed by atoms with Crippen molar-refractivity contribution in [3.8, 4) is 0 Å². The molecule has 0 aliphatic carbocycles. The Morgan fingerprint density at radius 3 is 2.44 bits per heavy atom. The van der Waals surface area contributed by atoms with Gasteiger partial charge in [-0.2, -0.15) is 4.31 Å². The number of imidazole rings is 1. The molecule has 24 nitrogen and oxygen atoms in total. The molecule has 1 saturated heterocycles. The molecule has 7 atom stereocenters. The largest absolute Gasteiger partial charge is 0.481 e. The number of nitrogens with one attached hydrogen (secondary N) is 2. The normalized spacial score (nSPS) is 22.0. The number of nitrogen functional groups attached to an aromatic ring is 1. The van der Waals surface area contributed by atoms with E-state index in [1.54, 1.807) is 6.08 Å². The van der Waals surface area contributed by atoms with E-state index in [1.807, 2.05) is 13.0 Å². The number of carbonyl (C=O) groups is 3. The third-order valence-corrected chi connectivity index (χ3v) is 11.4. The lowest BCUT2D eigenvalue weighted by atomic mass is 9.87. The Bertz CT molecular complexity index is 1830. The summed E-state index contributed by atoms with van der Waals surface area (Å²) in [6, 6.07) is 0. The van der Waals surface area contributed by atoms with E-state index in [2.05, 4.69) is 34.4 Å². The zero-order chi connectivity index (χ0) is 41.2. The molecule has 0 radical (unpaired) electrons. The number of hydrogen-bond donors (Lipinski definition) is 9. The molecule has 2 amide bonds. The third kappa shape index (κ3) is 14.6. The van der Waals surface area contributed by atoms with Crippen molar-refractivity contribution in [3.05, 3.63) is 24.8 Å². The van der Waals surface area contributed by atoms with Gasteiger partial charge in [-0.1, -0.05) is 44.7 Å². The van der Waals surface area contributed by atoms with Crippen LogP contribution in [0.3, 0.4) is 0 Å². The van der Waals surface area contributed by atoms with Crippen molar-refractivity contribution in [2.24, 2.45) is 5.41 Å². The molecule has 0 saturated carbocycles. The van der Waals surface area contributed by atoms with Gasteiger partial charge in [0.25, 0.3) is 0 Å². The maximum atomic E-state index is 12.7. The molecule has 0 spiro atoms. The number of phosphoric acid groups is 3. The summed E-state index contributed by atoms with van der Waals surface area (Å²) in [7, 11) is -16.4. The predicted octanol–water partition coefficient (Wildman–Crippen LogP) is 0.0210. The number of nitrogens with zero attached hydrogens (tertiary/aromatic N) is 4. The highest BCUT2D eigenvalue weighted by Crippen LogP contribution is 2.61.